The van der Waals surface area contributed by atoms with Crippen LogP contribution in [0, 0.1) is 23.3 Å². The van der Waals surface area contributed by atoms with Crippen LogP contribution in [0.15, 0.2) is 46.7 Å². The number of carbonyl (C=O) groups is 2. The van der Waals surface area contributed by atoms with E-state index in [1.54, 1.807) is 22.8 Å². The predicted molar refractivity (Wildman–Crippen MR) is 109 cm³/mol. The normalized spacial score (nSPS) is 11.4. The molecule has 13 heteroatoms. The molecule has 2 aromatic carbocycles. The highest BCUT2D eigenvalue weighted by Gasteiger charge is 2.42. The quantitative estimate of drug-likeness (QED) is 0.233. The van der Waals surface area contributed by atoms with Gasteiger partial charge in [-0.1, -0.05) is 6.07 Å². The number of halogens is 7. The van der Waals surface area contributed by atoms with Gasteiger partial charge in [-0.05, 0) is 35.7 Å². The fourth-order valence-electron chi connectivity index (χ4n) is 2.55. The van der Waals surface area contributed by atoms with Crippen molar-refractivity contribution in [3.05, 3.63) is 75.5 Å². The Kier molecular flexibility index (Phi) is 7.32. The van der Waals surface area contributed by atoms with Gasteiger partial charge in [0.25, 0.3) is 5.91 Å². The third kappa shape index (κ3) is 5.66. The summed E-state index contributed by atoms with van der Waals surface area (Å²) in [5.74, 6) is -12.0. The van der Waals surface area contributed by atoms with Crippen LogP contribution in [0.2, 0.25) is 0 Å². The number of nitrogens with one attached hydrogen (secondary N) is 2. The van der Waals surface area contributed by atoms with Gasteiger partial charge in [0.1, 0.15) is 11.3 Å². The van der Waals surface area contributed by atoms with Crippen LogP contribution in [-0.4, -0.2) is 17.6 Å². The van der Waals surface area contributed by atoms with Crippen LogP contribution in [0.25, 0.3) is 0 Å². The second-order valence-corrected chi connectivity index (χ2v) is 8.29. The predicted octanol–water partition coefficient (Wildman–Crippen LogP) is 6.31. The van der Waals surface area contributed by atoms with Gasteiger partial charge in [0.2, 0.25) is 5.91 Å². The van der Waals surface area contributed by atoms with Crippen LogP contribution in [-0.2, 0) is 11.0 Å². The number of hydrogen-bond donors (Lipinski definition) is 2. The van der Waals surface area contributed by atoms with Crippen LogP contribution in [0.4, 0.5) is 42.1 Å². The highest BCUT2D eigenvalue weighted by Crippen LogP contribution is 2.38. The van der Waals surface area contributed by atoms with Gasteiger partial charge in [-0.2, -0.15) is 13.2 Å². The summed E-state index contributed by atoms with van der Waals surface area (Å²) in [5.41, 5.74) is -3.92. The van der Waals surface area contributed by atoms with E-state index in [9.17, 15) is 40.3 Å². The largest absolute Gasteiger partial charge is 0.422 e. The van der Waals surface area contributed by atoms with E-state index in [0.717, 1.165) is 11.8 Å². The van der Waals surface area contributed by atoms with Gasteiger partial charge in [-0.25, -0.2) is 17.6 Å². The number of alkyl halides is 3. The first-order valence-electron chi connectivity index (χ1n) is 8.79. The number of thioether (sulfide) groups is 1. The molecule has 0 aliphatic heterocycles. The zero-order valence-corrected chi connectivity index (χ0v) is 17.7. The van der Waals surface area contributed by atoms with E-state index in [4.69, 9.17) is 0 Å². The number of anilines is 2. The standard InChI is InChI=1S/C20H11F7N2O2S2/c21-14-13(20(25,26)27)15(22)17(24)18(16(14)23)29-12(30)8-33-10-5-3-9(4-6-10)28-19(31)11-2-1-7-32-11/h1-7H,8H2,(H,28,31)(H,29,30). The fourth-order valence-corrected chi connectivity index (χ4v) is 3.87. The zero-order valence-electron chi connectivity index (χ0n) is 16.0. The van der Waals surface area contributed by atoms with E-state index in [0.29, 0.717) is 15.5 Å². The number of rotatable bonds is 6. The molecule has 1 aromatic heterocycles. The molecule has 2 amide bonds. The molecule has 3 rings (SSSR count). The van der Waals surface area contributed by atoms with Gasteiger partial charge in [-0.15, -0.1) is 23.1 Å². The van der Waals surface area contributed by atoms with E-state index < -0.39 is 52.4 Å². The first-order valence-corrected chi connectivity index (χ1v) is 10.7. The van der Waals surface area contributed by atoms with Gasteiger partial charge in [0, 0.05) is 10.6 Å². The Morgan fingerprint density at radius 2 is 1.48 bits per heavy atom. The molecule has 0 radical (unpaired) electrons. The number of carbonyl (C=O) groups excluding carboxylic acids is 2. The van der Waals surface area contributed by atoms with Crippen LogP contribution in [0.1, 0.15) is 15.2 Å². The smallest absolute Gasteiger partial charge is 0.321 e. The minimum atomic E-state index is -5.68. The molecule has 0 unspecified atom stereocenters. The summed E-state index contributed by atoms with van der Waals surface area (Å²) >= 11 is 2.12. The maximum Gasteiger partial charge on any atom is 0.422 e. The molecule has 174 valence electrons. The van der Waals surface area contributed by atoms with E-state index in [-0.39, 0.29) is 5.91 Å². The molecule has 33 heavy (non-hydrogen) atoms. The molecule has 2 N–H and O–H groups in total. The van der Waals surface area contributed by atoms with Gasteiger partial charge in [-0.3, -0.25) is 9.59 Å². The lowest BCUT2D eigenvalue weighted by atomic mass is 10.1. The number of benzene rings is 2. The van der Waals surface area contributed by atoms with E-state index >= 15 is 0 Å². The summed E-state index contributed by atoms with van der Waals surface area (Å²) in [4.78, 5) is 24.9. The van der Waals surface area contributed by atoms with Crippen LogP contribution < -0.4 is 10.6 Å². The molecule has 3 aromatic rings. The summed E-state index contributed by atoms with van der Waals surface area (Å²) in [6, 6.07) is 9.48. The van der Waals surface area contributed by atoms with E-state index in [2.05, 4.69) is 5.32 Å². The first kappa shape index (κ1) is 24.6. The highest BCUT2D eigenvalue weighted by atomic mass is 32.2. The van der Waals surface area contributed by atoms with Crippen molar-refractivity contribution in [2.24, 2.45) is 0 Å². The van der Waals surface area contributed by atoms with E-state index in [1.165, 1.54) is 35.6 Å². The molecule has 0 bridgehead atoms. The molecular formula is C20H11F7N2O2S2. The van der Waals surface area contributed by atoms with Crippen LogP contribution in [0.3, 0.4) is 0 Å². The Hall–Kier alpha value is -3.06. The van der Waals surface area contributed by atoms with Crippen LogP contribution in [0.5, 0.6) is 0 Å². The summed E-state index contributed by atoms with van der Waals surface area (Å²) in [7, 11) is 0. The number of amides is 2. The Bertz CT molecular complexity index is 1150. The minimum absolute atomic E-state index is 0.315. The highest BCUT2D eigenvalue weighted by molar-refractivity contribution is 8.00. The van der Waals surface area contributed by atoms with Crippen molar-refractivity contribution in [1.82, 2.24) is 0 Å². The second-order valence-electron chi connectivity index (χ2n) is 6.30. The molecule has 4 nitrogen and oxygen atoms in total. The van der Waals surface area contributed by atoms with Crippen molar-refractivity contribution < 1.29 is 40.3 Å². The van der Waals surface area contributed by atoms with Crippen molar-refractivity contribution in [2.75, 3.05) is 16.4 Å². The SMILES string of the molecule is O=C(CSc1ccc(NC(=O)c2cccs2)cc1)Nc1c(F)c(F)c(C(F)(F)F)c(F)c1F. The lowest BCUT2D eigenvalue weighted by molar-refractivity contribution is -0.143. The van der Waals surface area contributed by atoms with Gasteiger partial charge < -0.3 is 10.6 Å². The number of hydrogen-bond acceptors (Lipinski definition) is 4. The molecule has 0 saturated carbocycles. The Morgan fingerprint density at radius 3 is 2.00 bits per heavy atom. The zero-order chi connectivity index (χ0) is 24.3. The Morgan fingerprint density at radius 1 is 0.879 bits per heavy atom. The first-order chi connectivity index (χ1) is 15.5. The monoisotopic (exact) mass is 508 g/mol. The fraction of sp³-hybridized carbons (Fsp3) is 0.100. The second kappa shape index (κ2) is 9.83. The van der Waals surface area contributed by atoms with Crippen molar-refractivity contribution in [3.8, 4) is 0 Å². The van der Waals surface area contributed by atoms with Gasteiger partial charge in [0.05, 0.1) is 10.6 Å². The Balaban J connectivity index is 1.63. The molecule has 0 aliphatic rings. The molecule has 1 heterocycles. The van der Waals surface area contributed by atoms with Gasteiger partial charge in [0.15, 0.2) is 23.3 Å². The lowest BCUT2D eigenvalue weighted by Crippen LogP contribution is -2.21. The average molecular weight is 508 g/mol. The lowest BCUT2D eigenvalue weighted by Gasteiger charge is -2.14. The van der Waals surface area contributed by atoms with Crippen LogP contribution >= 0.6 is 23.1 Å². The van der Waals surface area contributed by atoms with E-state index in [1.807, 2.05) is 0 Å². The average Bonchev–Trinajstić information content (AvgIpc) is 3.29. The minimum Gasteiger partial charge on any atom is -0.321 e. The molecule has 0 saturated heterocycles. The topological polar surface area (TPSA) is 58.2 Å². The summed E-state index contributed by atoms with van der Waals surface area (Å²) < 4.78 is 92.8. The Labute approximate surface area is 189 Å². The summed E-state index contributed by atoms with van der Waals surface area (Å²) in [6.45, 7) is 0. The third-order valence-corrected chi connectivity index (χ3v) is 5.92. The maximum absolute atomic E-state index is 13.9. The van der Waals surface area contributed by atoms with Crippen molar-refractivity contribution >= 4 is 46.3 Å². The van der Waals surface area contributed by atoms with Crippen molar-refractivity contribution in [1.29, 1.82) is 0 Å². The van der Waals surface area contributed by atoms with Gasteiger partial charge >= 0.3 is 6.18 Å². The molecular weight excluding hydrogens is 497 g/mol. The maximum atomic E-state index is 13.9. The third-order valence-electron chi connectivity index (χ3n) is 4.04. The molecule has 0 atom stereocenters. The summed E-state index contributed by atoms with van der Waals surface area (Å²) in [5, 5.41) is 5.95. The van der Waals surface area contributed by atoms with Crippen molar-refractivity contribution in [2.45, 2.75) is 11.1 Å². The van der Waals surface area contributed by atoms with Crippen molar-refractivity contribution in [3.63, 3.8) is 0 Å². The molecule has 0 aliphatic carbocycles. The summed E-state index contributed by atoms with van der Waals surface area (Å²) in [6.07, 6.45) is -5.68. The molecule has 0 fully saturated rings. The molecule has 0 spiro atoms. The number of thiophene rings is 1.